The van der Waals surface area contributed by atoms with Gasteiger partial charge in [-0.05, 0) is 80.1 Å². The van der Waals surface area contributed by atoms with E-state index in [4.69, 9.17) is 4.74 Å². The van der Waals surface area contributed by atoms with Crippen LogP contribution in [-0.2, 0) is 11.2 Å². The highest BCUT2D eigenvalue weighted by Gasteiger charge is 2.24. The van der Waals surface area contributed by atoms with Gasteiger partial charge < -0.3 is 25.6 Å². The molecule has 9 heteroatoms. The third-order valence-corrected chi connectivity index (χ3v) is 8.44. The lowest BCUT2D eigenvalue weighted by molar-refractivity contribution is 0.0374. The lowest BCUT2D eigenvalue weighted by atomic mass is 9.89. The van der Waals surface area contributed by atoms with Crippen molar-refractivity contribution in [1.82, 2.24) is 10.2 Å². The van der Waals surface area contributed by atoms with Crippen LogP contribution in [0.5, 0.6) is 0 Å². The highest BCUT2D eigenvalue weighted by molar-refractivity contribution is 9.10. The molecule has 2 fully saturated rings. The Morgan fingerprint density at radius 3 is 2.33 bits per heavy atom. The summed E-state index contributed by atoms with van der Waals surface area (Å²) in [5.74, 6) is 0.512. The van der Waals surface area contributed by atoms with Crippen LogP contribution in [0.25, 0.3) is 0 Å². The summed E-state index contributed by atoms with van der Waals surface area (Å²) in [6, 6.07) is 23.4. The van der Waals surface area contributed by atoms with Gasteiger partial charge in [0.2, 0.25) is 0 Å². The van der Waals surface area contributed by atoms with Gasteiger partial charge in [-0.3, -0.25) is 9.69 Å². The standard InChI is InChI=1S/C33H40BrN5O3/c34-27-8-4-9-28(23-27)36-33(41)37-29-10-11-31(39-16-12-26(13-17-39)22-25-6-2-1-3-7-25)30(24-29)32(40)35-14-5-15-38-18-20-42-21-19-38/h1-4,6-11,23-24,26H,5,12-22H2,(H,35,40)(H2,36,37,41). The molecule has 3 aromatic carbocycles. The van der Waals surface area contributed by atoms with E-state index in [0.29, 0.717) is 29.4 Å². The van der Waals surface area contributed by atoms with Crippen LogP contribution in [0.2, 0.25) is 0 Å². The van der Waals surface area contributed by atoms with Gasteiger partial charge in [0.15, 0.2) is 0 Å². The maximum Gasteiger partial charge on any atom is 0.323 e. The van der Waals surface area contributed by atoms with E-state index in [0.717, 1.165) is 81.8 Å². The summed E-state index contributed by atoms with van der Waals surface area (Å²) in [6.45, 7) is 6.73. The Kier molecular flexibility index (Phi) is 10.9. The molecular formula is C33H40BrN5O3. The molecule has 8 nitrogen and oxygen atoms in total. The number of nitrogens with one attached hydrogen (secondary N) is 3. The molecule has 0 aromatic heterocycles. The topological polar surface area (TPSA) is 85.9 Å². The number of benzene rings is 3. The molecule has 42 heavy (non-hydrogen) atoms. The Morgan fingerprint density at radius 2 is 1.60 bits per heavy atom. The second-order valence-electron chi connectivity index (χ2n) is 11.0. The molecule has 222 valence electrons. The second kappa shape index (κ2) is 15.2. The molecule has 2 aliphatic heterocycles. The minimum absolute atomic E-state index is 0.116. The van der Waals surface area contributed by atoms with Gasteiger partial charge in [-0.2, -0.15) is 0 Å². The Hall–Kier alpha value is -3.40. The Morgan fingerprint density at radius 1 is 0.857 bits per heavy atom. The fourth-order valence-corrected chi connectivity index (χ4v) is 6.08. The number of halogens is 1. The molecular weight excluding hydrogens is 594 g/mol. The molecule has 3 N–H and O–H groups in total. The number of anilines is 3. The molecule has 0 radical (unpaired) electrons. The van der Waals surface area contributed by atoms with Crippen molar-refractivity contribution in [2.45, 2.75) is 25.7 Å². The average molecular weight is 635 g/mol. The summed E-state index contributed by atoms with van der Waals surface area (Å²) in [6.07, 6.45) is 4.11. The first-order valence-electron chi connectivity index (χ1n) is 14.9. The van der Waals surface area contributed by atoms with Crippen LogP contribution in [0.4, 0.5) is 21.9 Å². The van der Waals surface area contributed by atoms with Gasteiger partial charge in [0.05, 0.1) is 18.8 Å². The number of ether oxygens (including phenoxy) is 1. The van der Waals surface area contributed by atoms with Crippen molar-refractivity contribution in [3.05, 3.63) is 88.4 Å². The highest BCUT2D eigenvalue weighted by Crippen LogP contribution is 2.30. The molecule has 3 aromatic rings. The van der Waals surface area contributed by atoms with Crippen molar-refractivity contribution >= 4 is 44.9 Å². The second-order valence-corrected chi connectivity index (χ2v) is 11.9. The smallest absolute Gasteiger partial charge is 0.323 e. The highest BCUT2D eigenvalue weighted by atomic mass is 79.9. The number of rotatable bonds is 10. The number of hydrogen-bond donors (Lipinski definition) is 3. The first-order chi connectivity index (χ1) is 20.5. The van der Waals surface area contributed by atoms with E-state index in [1.807, 2.05) is 36.4 Å². The maximum atomic E-state index is 13.5. The third kappa shape index (κ3) is 8.80. The normalized spacial score (nSPS) is 16.2. The lowest BCUT2D eigenvalue weighted by Gasteiger charge is -2.35. The first-order valence-corrected chi connectivity index (χ1v) is 15.7. The van der Waals surface area contributed by atoms with E-state index in [9.17, 15) is 9.59 Å². The monoisotopic (exact) mass is 633 g/mol. The molecule has 0 bridgehead atoms. The fourth-order valence-electron chi connectivity index (χ4n) is 5.68. The van der Waals surface area contributed by atoms with Gasteiger partial charge >= 0.3 is 6.03 Å². The van der Waals surface area contributed by atoms with Gasteiger partial charge in [-0.25, -0.2) is 4.79 Å². The van der Waals surface area contributed by atoms with Crippen molar-refractivity contribution in [3.8, 4) is 0 Å². The summed E-state index contributed by atoms with van der Waals surface area (Å²) in [5, 5.41) is 8.88. The van der Waals surface area contributed by atoms with E-state index in [1.165, 1.54) is 5.56 Å². The van der Waals surface area contributed by atoms with Crippen LogP contribution in [0.1, 0.15) is 35.2 Å². The van der Waals surface area contributed by atoms with Crippen molar-refractivity contribution in [2.24, 2.45) is 5.92 Å². The molecule has 0 saturated carbocycles. The average Bonchev–Trinajstić information content (AvgIpc) is 3.01. The van der Waals surface area contributed by atoms with Crippen LogP contribution in [0.3, 0.4) is 0 Å². The summed E-state index contributed by atoms with van der Waals surface area (Å²) in [4.78, 5) is 31.0. The van der Waals surface area contributed by atoms with Gasteiger partial charge in [0.25, 0.3) is 5.91 Å². The Labute approximate surface area is 256 Å². The van der Waals surface area contributed by atoms with Crippen LogP contribution in [0.15, 0.2) is 77.3 Å². The van der Waals surface area contributed by atoms with Crippen LogP contribution < -0.4 is 20.9 Å². The number of carbonyl (C=O) groups excluding carboxylic acids is 2. The number of urea groups is 1. The van der Waals surface area contributed by atoms with Crippen molar-refractivity contribution in [1.29, 1.82) is 0 Å². The number of amides is 3. The first kappa shape index (κ1) is 30.1. The van der Waals surface area contributed by atoms with Gasteiger partial charge in [-0.1, -0.05) is 52.3 Å². The van der Waals surface area contributed by atoms with Crippen molar-refractivity contribution in [3.63, 3.8) is 0 Å². The van der Waals surface area contributed by atoms with E-state index in [2.05, 4.69) is 72.0 Å². The Balaban J connectivity index is 1.24. The van der Waals surface area contributed by atoms with Gasteiger partial charge in [-0.15, -0.1) is 0 Å². The minimum Gasteiger partial charge on any atom is -0.379 e. The predicted octanol–water partition coefficient (Wildman–Crippen LogP) is 6.00. The van der Waals surface area contributed by atoms with Crippen LogP contribution >= 0.6 is 15.9 Å². The largest absolute Gasteiger partial charge is 0.379 e. The molecule has 0 aliphatic carbocycles. The molecule has 3 amide bonds. The number of carbonyl (C=O) groups is 2. The lowest BCUT2D eigenvalue weighted by Crippen LogP contribution is -2.38. The van der Waals surface area contributed by atoms with Crippen LogP contribution in [-0.4, -0.2) is 69.3 Å². The van der Waals surface area contributed by atoms with Gasteiger partial charge in [0, 0.05) is 54.3 Å². The zero-order chi connectivity index (χ0) is 29.1. The number of morpholine rings is 1. The zero-order valence-electron chi connectivity index (χ0n) is 24.0. The van der Waals surface area contributed by atoms with E-state index in [1.54, 1.807) is 6.07 Å². The van der Waals surface area contributed by atoms with E-state index >= 15 is 0 Å². The molecule has 2 aliphatic rings. The number of piperidine rings is 1. The molecule has 5 rings (SSSR count). The number of nitrogens with zero attached hydrogens (tertiary/aromatic N) is 2. The molecule has 2 heterocycles. The summed E-state index contributed by atoms with van der Waals surface area (Å²) in [7, 11) is 0. The van der Waals surface area contributed by atoms with Crippen LogP contribution in [0, 0.1) is 5.92 Å². The quantitative estimate of drug-likeness (QED) is 0.238. The summed E-state index contributed by atoms with van der Waals surface area (Å²) in [5.41, 5.74) is 4.13. The Bertz CT molecular complexity index is 1320. The molecule has 0 atom stereocenters. The van der Waals surface area contributed by atoms with E-state index in [-0.39, 0.29) is 11.9 Å². The summed E-state index contributed by atoms with van der Waals surface area (Å²) >= 11 is 3.43. The van der Waals surface area contributed by atoms with E-state index < -0.39 is 0 Å². The maximum absolute atomic E-state index is 13.5. The van der Waals surface area contributed by atoms with Crippen molar-refractivity contribution < 1.29 is 14.3 Å². The van der Waals surface area contributed by atoms with Gasteiger partial charge in [0.1, 0.15) is 0 Å². The summed E-state index contributed by atoms with van der Waals surface area (Å²) < 4.78 is 6.31. The molecule has 0 unspecified atom stereocenters. The molecule has 0 spiro atoms. The third-order valence-electron chi connectivity index (χ3n) is 7.94. The minimum atomic E-state index is -0.362. The fraction of sp³-hybridized carbons (Fsp3) is 0.394. The number of hydrogen-bond acceptors (Lipinski definition) is 5. The van der Waals surface area contributed by atoms with Crippen molar-refractivity contribution in [2.75, 3.05) is 68.0 Å². The zero-order valence-corrected chi connectivity index (χ0v) is 25.6. The molecule has 2 saturated heterocycles. The SMILES string of the molecule is O=C(Nc1cccc(Br)c1)Nc1ccc(N2CCC(Cc3ccccc3)CC2)c(C(=O)NCCCN2CCOCC2)c1. The predicted molar refractivity (Wildman–Crippen MR) is 173 cm³/mol.